The van der Waals surface area contributed by atoms with Gasteiger partial charge in [-0.2, -0.15) is 15.8 Å². The molecule has 10 aromatic carbocycles. The highest BCUT2D eigenvalue weighted by Gasteiger charge is 2.23. The number of hydrogen-bond donors (Lipinski definition) is 0. The van der Waals surface area contributed by atoms with Crippen molar-refractivity contribution in [3.05, 3.63) is 287 Å². The molecule has 0 aromatic heterocycles. The maximum atomic E-state index is 13.8. The Hall–Kier alpha value is -13.1. The van der Waals surface area contributed by atoms with Crippen molar-refractivity contribution in [2.45, 2.75) is 20.8 Å². The zero-order chi connectivity index (χ0) is 69.6. The number of esters is 6. The van der Waals surface area contributed by atoms with Crippen LogP contribution < -0.4 is 28.4 Å². The molecule has 0 aliphatic heterocycles. The summed E-state index contributed by atoms with van der Waals surface area (Å²) in [6.45, 7) is 5.36. The molecule has 0 heterocycles. The molecule has 10 rings (SSSR count). The Morgan fingerprint density at radius 2 is 0.465 bits per heavy atom. The van der Waals surface area contributed by atoms with E-state index in [1.54, 1.807) is 178 Å². The molecule has 99 heavy (non-hydrogen) atoms. The number of hydrogen-bond acceptors (Lipinski definition) is 18. The monoisotopic (exact) mass is 1320 g/mol. The SMILES string of the molecule is CC(COC(=O)c1cc(C(=O)OCC(C)COc2ccc(C(=O)Oc3ccc(-c4ccc(C#N)cc4)cc3)cc2)cc(C(=O)OCC(C)COc2ccc(C(=O)Oc3ccc(-c4ccc(C#N)cc4)cc3)cc2)c1)COc1ccc(OC(=O)c2ccc(-c3ccc(C#N)cc3)cc2)cc1. The quantitative estimate of drug-likeness (QED) is 0.0263. The average Bonchev–Trinajstić information content (AvgIpc) is 0.862. The van der Waals surface area contributed by atoms with Gasteiger partial charge in [0.05, 0.1) is 108 Å². The van der Waals surface area contributed by atoms with Gasteiger partial charge in [-0.25, -0.2) is 28.8 Å². The van der Waals surface area contributed by atoms with Crippen molar-refractivity contribution >= 4 is 35.8 Å². The van der Waals surface area contributed by atoms with E-state index in [9.17, 15) is 28.8 Å². The number of rotatable bonds is 27. The molecule has 3 unspecified atom stereocenters. The van der Waals surface area contributed by atoms with Gasteiger partial charge < -0.3 is 42.6 Å². The van der Waals surface area contributed by atoms with Gasteiger partial charge in [0, 0.05) is 17.8 Å². The van der Waals surface area contributed by atoms with Crippen LogP contribution in [0, 0.1) is 51.7 Å². The van der Waals surface area contributed by atoms with Crippen LogP contribution in [0.1, 0.15) is 99.6 Å². The molecule has 0 N–H and O–H groups in total. The lowest BCUT2D eigenvalue weighted by Gasteiger charge is -2.16. The Morgan fingerprint density at radius 3 is 0.717 bits per heavy atom. The maximum Gasteiger partial charge on any atom is 0.343 e. The lowest BCUT2D eigenvalue weighted by atomic mass is 10.0. The summed E-state index contributed by atoms with van der Waals surface area (Å²) < 4.78 is 51.7. The highest BCUT2D eigenvalue weighted by molar-refractivity contribution is 6.01. The molecule has 0 radical (unpaired) electrons. The van der Waals surface area contributed by atoms with E-state index in [0.29, 0.717) is 56.8 Å². The molecule has 18 heteroatoms. The highest BCUT2D eigenvalue weighted by Crippen LogP contribution is 2.28. The van der Waals surface area contributed by atoms with Crippen molar-refractivity contribution in [2.24, 2.45) is 17.8 Å². The molecule has 0 spiro atoms. The smallest absolute Gasteiger partial charge is 0.343 e. The molecular formula is C81H63N3O15. The normalized spacial score (nSPS) is 11.5. The summed E-state index contributed by atoms with van der Waals surface area (Å²) in [6, 6.07) is 71.6. The first-order chi connectivity index (χ1) is 48.0. The van der Waals surface area contributed by atoms with Crippen LogP contribution in [0.4, 0.5) is 0 Å². The Morgan fingerprint density at radius 1 is 0.263 bits per heavy atom. The Labute approximate surface area is 571 Å². The number of nitrogens with zero attached hydrogens (tertiary/aromatic N) is 3. The summed E-state index contributed by atoms with van der Waals surface area (Å²) in [6.07, 6.45) is 0. The van der Waals surface area contributed by atoms with E-state index in [1.807, 2.05) is 60.7 Å². The van der Waals surface area contributed by atoms with Crippen molar-refractivity contribution in [1.82, 2.24) is 0 Å². The van der Waals surface area contributed by atoms with Crippen LogP contribution in [-0.4, -0.2) is 75.5 Å². The second-order valence-corrected chi connectivity index (χ2v) is 23.2. The minimum Gasteiger partial charge on any atom is -0.493 e. The molecule has 0 saturated heterocycles. The Balaban J connectivity index is 0.711. The van der Waals surface area contributed by atoms with Gasteiger partial charge in [0.25, 0.3) is 0 Å². The first-order valence-electron chi connectivity index (χ1n) is 31.4. The third-order valence-corrected chi connectivity index (χ3v) is 15.2. The second-order valence-electron chi connectivity index (χ2n) is 23.2. The van der Waals surface area contributed by atoms with E-state index < -0.39 is 35.8 Å². The van der Waals surface area contributed by atoms with Crippen molar-refractivity contribution in [1.29, 1.82) is 15.8 Å². The van der Waals surface area contributed by atoms with E-state index in [4.69, 9.17) is 58.4 Å². The number of nitriles is 3. The van der Waals surface area contributed by atoms with Gasteiger partial charge in [0.15, 0.2) is 0 Å². The molecule has 492 valence electrons. The van der Waals surface area contributed by atoms with E-state index in [2.05, 4.69) is 18.2 Å². The average molecular weight is 1320 g/mol. The molecule has 0 bridgehead atoms. The lowest BCUT2D eigenvalue weighted by molar-refractivity contribution is 0.0409. The van der Waals surface area contributed by atoms with Gasteiger partial charge in [-0.05, 0) is 197 Å². The Bertz CT molecular complexity index is 4410. The summed E-state index contributed by atoms with van der Waals surface area (Å²) in [5.74, 6) is -2.94. The first kappa shape index (κ1) is 68.7. The highest BCUT2D eigenvalue weighted by atomic mass is 16.6. The van der Waals surface area contributed by atoms with E-state index in [0.717, 1.165) is 33.4 Å². The predicted molar refractivity (Wildman–Crippen MR) is 365 cm³/mol. The third-order valence-electron chi connectivity index (χ3n) is 15.2. The third kappa shape index (κ3) is 19.5. The van der Waals surface area contributed by atoms with Crippen LogP contribution in [0.15, 0.2) is 237 Å². The fourth-order valence-corrected chi connectivity index (χ4v) is 9.66. The van der Waals surface area contributed by atoms with Crippen LogP contribution in [0.5, 0.6) is 34.5 Å². The summed E-state index contributed by atoms with van der Waals surface area (Å²) in [4.78, 5) is 80.4. The van der Waals surface area contributed by atoms with Crippen LogP contribution in [0.2, 0.25) is 0 Å². The number of ether oxygens (including phenoxy) is 9. The number of carbonyl (C=O) groups excluding carboxylic acids is 6. The van der Waals surface area contributed by atoms with Crippen molar-refractivity contribution in [3.63, 3.8) is 0 Å². The minimum absolute atomic E-state index is 0.108. The van der Waals surface area contributed by atoms with Crippen molar-refractivity contribution < 1.29 is 71.4 Å². The fourth-order valence-electron chi connectivity index (χ4n) is 9.66. The van der Waals surface area contributed by atoms with E-state index in [-0.39, 0.29) is 85.2 Å². The van der Waals surface area contributed by atoms with Gasteiger partial charge in [-0.15, -0.1) is 0 Å². The zero-order valence-corrected chi connectivity index (χ0v) is 54.0. The summed E-state index contributed by atoms with van der Waals surface area (Å²) >= 11 is 0. The fraction of sp³-hybridized carbons (Fsp3) is 0.148. The van der Waals surface area contributed by atoms with E-state index >= 15 is 0 Å². The van der Waals surface area contributed by atoms with Crippen molar-refractivity contribution in [2.75, 3.05) is 39.6 Å². The first-order valence-corrected chi connectivity index (χ1v) is 31.4. The van der Waals surface area contributed by atoms with Crippen molar-refractivity contribution in [3.8, 4) is 86.1 Å². The van der Waals surface area contributed by atoms with Crippen LogP contribution >= 0.6 is 0 Å². The Kier molecular flexibility index (Phi) is 23.1. The van der Waals surface area contributed by atoms with Crippen LogP contribution in [-0.2, 0) is 14.2 Å². The van der Waals surface area contributed by atoms with Crippen LogP contribution in [0.25, 0.3) is 33.4 Å². The number of carbonyl (C=O) groups is 6. The van der Waals surface area contributed by atoms with E-state index in [1.165, 1.54) is 18.2 Å². The predicted octanol–water partition coefficient (Wildman–Crippen LogP) is 15.6. The molecule has 0 fully saturated rings. The van der Waals surface area contributed by atoms with Gasteiger partial charge in [-0.3, -0.25) is 0 Å². The molecule has 10 aromatic rings. The molecule has 0 saturated carbocycles. The minimum atomic E-state index is -0.842. The largest absolute Gasteiger partial charge is 0.493 e. The molecule has 0 aliphatic rings. The maximum absolute atomic E-state index is 13.8. The molecule has 0 amide bonds. The molecule has 3 atom stereocenters. The number of benzene rings is 10. The zero-order valence-electron chi connectivity index (χ0n) is 54.0. The standard InChI is InChI=1S/C81H63N3O15/c1-52(46-91-70-28-24-65(25-29-70)80(89)97-73-32-20-62(21-33-73)59-12-6-56(44-83)7-13-59)49-94-76(85)67-40-68(77(86)95-50-53(2)47-92-71-30-26-66(27-31-71)81(90)98-74-34-22-63(23-35-74)60-14-8-57(45-84)9-15-60)42-69(41-67)78(87)96-51-54(3)48-93-72-36-38-75(39-37-72)99-79(88)64-18-16-61(17-19-64)58-10-4-55(43-82)5-11-58/h4-42,52-54H,46-51H2,1-3H3. The van der Waals surface area contributed by atoms with Crippen LogP contribution in [0.3, 0.4) is 0 Å². The van der Waals surface area contributed by atoms with Gasteiger partial charge >= 0.3 is 35.8 Å². The lowest BCUT2D eigenvalue weighted by Crippen LogP contribution is -2.21. The summed E-state index contributed by atoms with van der Waals surface area (Å²) in [7, 11) is 0. The van der Waals surface area contributed by atoms with Gasteiger partial charge in [0.2, 0.25) is 0 Å². The molecule has 18 nitrogen and oxygen atoms in total. The summed E-state index contributed by atoms with van der Waals surface area (Å²) in [5, 5.41) is 27.3. The summed E-state index contributed by atoms with van der Waals surface area (Å²) in [5.41, 5.74) is 7.56. The second kappa shape index (κ2) is 33.3. The molecular weight excluding hydrogens is 1250 g/mol. The van der Waals surface area contributed by atoms with Gasteiger partial charge in [0.1, 0.15) is 34.5 Å². The van der Waals surface area contributed by atoms with Gasteiger partial charge in [-0.1, -0.05) is 93.6 Å². The topological polar surface area (TPSA) is 257 Å². The molecule has 0 aliphatic carbocycles.